The molecule has 1 aromatic carbocycles. The zero-order chi connectivity index (χ0) is 14.7. The molecule has 5 heteroatoms. The summed E-state index contributed by atoms with van der Waals surface area (Å²) in [6.45, 7) is 3.04. The Morgan fingerprint density at radius 1 is 1.24 bits per heavy atom. The molecule has 0 aliphatic carbocycles. The second kappa shape index (κ2) is 6.28. The molecule has 0 saturated carbocycles. The molecule has 2 heterocycles. The molecule has 0 fully saturated rings. The first-order valence-corrected chi connectivity index (χ1v) is 7.77. The average Bonchev–Trinajstić information content (AvgIpc) is 2.91. The summed E-state index contributed by atoms with van der Waals surface area (Å²) in [6, 6.07) is 7.07. The van der Waals surface area contributed by atoms with Crippen LogP contribution in [0.1, 0.15) is 29.8 Å². The fourth-order valence-corrected chi connectivity index (χ4v) is 3.49. The minimum atomic E-state index is -0.197. The SMILES string of the molecule is CCCNC(c1cncnc1)c1cc2ccc(F)cc2s1. The maximum absolute atomic E-state index is 13.3. The molecule has 0 radical (unpaired) electrons. The molecule has 0 amide bonds. The molecule has 108 valence electrons. The summed E-state index contributed by atoms with van der Waals surface area (Å²) in [4.78, 5) is 9.35. The lowest BCUT2D eigenvalue weighted by atomic mass is 10.1. The normalized spacial score (nSPS) is 12.7. The van der Waals surface area contributed by atoms with Gasteiger partial charge in [-0.3, -0.25) is 0 Å². The third-order valence-corrected chi connectivity index (χ3v) is 4.46. The monoisotopic (exact) mass is 301 g/mol. The Morgan fingerprint density at radius 2 is 2.05 bits per heavy atom. The van der Waals surface area contributed by atoms with Crippen molar-refractivity contribution in [1.82, 2.24) is 15.3 Å². The van der Waals surface area contributed by atoms with E-state index in [0.29, 0.717) is 0 Å². The van der Waals surface area contributed by atoms with Crippen LogP contribution in [0.15, 0.2) is 43.0 Å². The number of rotatable bonds is 5. The lowest BCUT2D eigenvalue weighted by Gasteiger charge is -2.16. The van der Waals surface area contributed by atoms with Crippen molar-refractivity contribution < 1.29 is 4.39 Å². The number of hydrogen-bond donors (Lipinski definition) is 1. The van der Waals surface area contributed by atoms with Gasteiger partial charge in [0, 0.05) is 27.5 Å². The summed E-state index contributed by atoms with van der Waals surface area (Å²) in [5.74, 6) is -0.197. The highest BCUT2D eigenvalue weighted by atomic mass is 32.1. The van der Waals surface area contributed by atoms with E-state index in [1.165, 1.54) is 12.4 Å². The van der Waals surface area contributed by atoms with Gasteiger partial charge < -0.3 is 5.32 Å². The van der Waals surface area contributed by atoms with Crippen LogP contribution in [-0.4, -0.2) is 16.5 Å². The maximum atomic E-state index is 13.3. The molecule has 0 saturated heterocycles. The molecule has 2 aromatic heterocycles. The first-order valence-electron chi connectivity index (χ1n) is 6.95. The highest BCUT2D eigenvalue weighted by molar-refractivity contribution is 7.19. The van der Waals surface area contributed by atoms with Gasteiger partial charge in [0.15, 0.2) is 0 Å². The molecule has 0 bridgehead atoms. The third-order valence-electron chi connectivity index (χ3n) is 3.30. The highest BCUT2D eigenvalue weighted by Crippen LogP contribution is 2.33. The fourth-order valence-electron chi connectivity index (χ4n) is 2.30. The number of nitrogens with zero attached hydrogens (tertiary/aromatic N) is 2. The fraction of sp³-hybridized carbons (Fsp3) is 0.250. The molecule has 1 atom stereocenters. The molecule has 3 rings (SSSR count). The van der Waals surface area contributed by atoms with E-state index in [1.54, 1.807) is 17.4 Å². The summed E-state index contributed by atoms with van der Waals surface area (Å²) in [5, 5.41) is 4.58. The minimum Gasteiger partial charge on any atom is -0.306 e. The molecule has 3 nitrogen and oxygen atoms in total. The Kier molecular flexibility index (Phi) is 4.22. The first kappa shape index (κ1) is 14.1. The Balaban J connectivity index is 2.01. The quantitative estimate of drug-likeness (QED) is 0.776. The molecule has 1 unspecified atom stereocenters. The van der Waals surface area contributed by atoms with Gasteiger partial charge in [0.25, 0.3) is 0 Å². The second-order valence-electron chi connectivity index (χ2n) is 4.89. The predicted octanol–water partition coefficient (Wildman–Crippen LogP) is 3.92. The summed E-state index contributed by atoms with van der Waals surface area (Å²) in [5.41, 5.74) is 1.03. The summed E-state index contributed by atoms with van der Waals surface area (Å²) < 4.78 is 14.3. The molecule has 0 aliphatic rings. The second-order valence-corrected chi connectivity index (χ2v) is 6.01. The average molecular weight is 301 g/mol. The van der Waals surface area contributed by atoms with Crippen LogP contribution in [-0.2, 0) is 0 Å². The van der Waals surface area contributed by atoms with Crippen molar-refractivity contribution >= 4 is 21.4 Å². The van der Waals surface area contributed by atoms with E-state index in [4.69, 9.17) is 0 Å². The number of fused-ring (bicyclic) bond motifs is 1. The Morgan fingerprint density at radius 3 is 2.81 bits per heavy atom. The van der Waals surface area contributed by atoms with Crippen LogP contribution in [0.2, 0.25) is 0 Å². The third kappa shape index (κ3) is 3.09. The van der Waals surface area contributed by atoms with Crippen molar-refractivity contribution in [2.45, 2.75) is 19.4 Å². The van der Waals surface area contributed by atoms with E-state index in [9.17, 15) is 4.39 Å². The molecule has 3 aromatic rings. The minimum absolute atomic E-state index is 0.0478. The Bertz CT molecular complexity index is 727. The number of benzene rings is 1. The van der Waals surface area contributed by atoms with Crippen LogP contribution in [0, 0.1) is 5.82 Å². The Labute approximate surface area is 126 Å². The highest BCUT2D eigenvalue weighted by Gasteiger charge is 2.17. The van der Waals surface area contributed by atoms with Crippen LogP contribution >= 0.6 is 11.3 Å². The van der Waals surface area contributed by atoms with Crippen molar-refractivity contribution in [3.8, 4) is 0 Å². The van der Waals surface area contributed by atoms with E-state index in [2.05, 4.69) is 28.3 Å². The number of aromatic nitrogens is 2. The Hall–Kier alpha value is -1.85. The molecule has 0 aliphatic heterocycles. The van der Waals surface area contributed by atoms with Gasteiger partial charge in [-0.25, -0.2) is 14.4 Å². The van der Waals surface area contributed by atoms with Crippen molar-refractivity contribution in [2.75, 3.05) is 6.54 Å². The number of halogens is 1. The van der Waals surface area contributed by atoms with Gasteiger partial charge in [0.05, 0.1) is 6.04 Å². The van der Waals surface area contributed by atoms with Gasteiger partial charge in [0.2, 0.25) is 0 Å². The smallest absolute Gasteiger partial charge is 0.124 e. The topological polar surface area (TPSA) is 37.8 Å². The molecular formula is C16H16FN3S. The van der Waals surface area contributed by atoms with Crippen LogP contribution in [0.5, 0.6) is 0 Å². The summed E-state index contributed by atoms with van der Waals surface area (Å²) >= 11 is 1.61. The van der Waals surface area contributed by atoms with Crippen molar-refractivity contribution in [3.05, 3.63) is 59.2 Å². The van der Waals surface area contributed by atoms with Crippen molar-refractivity contribution in [3.63, 3.8) is 0 Å². The van der Waals surface area contributed by atoms with Gasteiger partial charge >= 0.3 is 0 Å². The van der Waals surface area contributed by atoms with E-state index in [-0.39, 0.29) is 11.9 Å². The lowest BCUT2D eigenvalue weighted by Crippen LogP contribution is -2.22. The van der Waals surface area contributed by atoms with Crippen LogP contribution in [0.25, 0.3) is 10.1 Å². The molecule has 1 N–H and O–H groups in total. The molecule has 21 heavy (non-hydrogen) atoms. The van der Waals surface area contributed by atoms with Crippen molar-refractivity contribution in [1.29, 1.82) is 0 Å². The number of nitrogens with one attached hydrogen (secondary N) is 1. The van der Waals surface area contributed by atoms with E-state index in [0.717, 1.165) is 33.5 Å². The standard InChI is InChI=1S/C16H16FN3S/c1-2-5-20-16(12-8-18-10-19-9-12)15-6-11-3-4-13(17)7-14(11)21-15/h3-4,6-10,16,20H,2,5H2,1H3. The lowest BCUT2D eigenvalue weighted by molar-refractivity contribution is 0.602. The largest absolute Gasteiger partial charge is 0.306 e. The zero-order valence-electron chi connectivity index (χ0n) is 11.7. The summed E-state index contributed by atoms with van der Waals surface area (Å²) in [6.07, 6.45) is 6.22. The van der Waals surface area contributed by atoms with Crippen LogP contribution < -0.4 is 5.32 Å². The summed E-state index contributed by atoms with van der Waals surface area (Å²) in [7, 11) is 0. The number of hydrogen-bond acceptors (Lipinski definition) is 4. The van der Waals surface area contributed by atoms with Crippen LogP contribution in [0.4, 0.5) is 4.39 Å². The number of thiophene rings is 1. The van der Waals surface area contributed by atoms with Gasteiger partial charge in [-0.15, -0.1) is 11.3 Å². The maximum Gasteiger partial charge on any atom is 0.124 e. The van der Waals surface area contributed by atoms with Gasteiger partial charge in [-0.2, -0.15) is 0 Å². The van der Waals surface area contributed by atoms with Crippen molar-refractivity contribution in [2.24, 2.45) is 0 Å². The van der Waals surface area contributed by atoms with Gasteiger partial charge in [0.1, 0.15) is 12.1 Å². The van der Waals surface area contributed by atoms with Gasteiger partial charge in [-0.1, -0.05) is 13.0 Å². The molecular weight excluding hydrogens is 285 g/mol. The van der Waals surface area contributed by atoms with Gasteiger partial charge in [-0.05, 0) is 36.6 Å². The predicted molar refractivity (Wildman–Crippen MR) is 84.0 cm³/mol. The first-order chi connectivity index (χ1) is 10.3. The zero-order valence-corrected chi connectivity index (χ0v) is 12.5. The van der Waals surface area contributed by atoms with E-state index >= 15 is 0 Å². The van der Waals surface area contributed by atoms with E-state index < -0.39 is 0 Å². The van der Waals surface area contributed by atoms with E-state index in [1.807, 2.05) is 18.5 Å². The molecule has 0 spiro atoms. The van der Waals surface area contributed by atoms with Crippen LogP contribution in [0.3, 0.4) is 0 Å².